The van der Waals surface area contributed by atoms with Gasteiger partial charge in [-0.05, 0) is 25.8 Å². The van der Waals surface area contributed by atoms with Crippen LogP contribution in [0, 0.1) is 6.92 Å². The summed E-state index contributed by atoms with van der Waals surface area (Å²) in [4.78, 5) is 18.2. The molecule has 2 fully saturated rings. The van der Waals surface area contributed by atoms with Gasteiger partial charge in [0.25, 0.3) is 0 Å². The van der Waals surface area contributed by atoms with E-state index in [0.29, 0.717) is 25.0 Å². The van der Waals surface area contributed by atoms with Gasteiger partial charge in [0.15, 0.2) is 0 Å². The molecule has 2 aliphatic rings. The van der Waals surface area contributed by atoms with Gasteiger partial charge in [0.1, 0.15) is 6.10 Å². The van der Waals surface area contributed by atoms with Crippen molar-refractivity contribution < 1.29 is 9.53 Å². The van der Waals surface area contributed by atoms with E-state index in [9.17, 15) is 4.79 Å². The Morgan fingerprint density at radius 2 is 2.05 bits per heavy atom. The number of aryl methyl sites for hydroxylation is 1. The van der Waals surface area contributed by atoms with Crippen molar-refractivity contribution in [2.24, 2.45) is 0 Å². The van der Waals surface area contributed by atoms with Gasteiger partial charge in [0.2, 0.25) is 5.88 Å². The number of hydrogen-bond donors (Lipinski definition) is 1. The van der Waals surface area contributed by atoms with Crippen LogP contribution in [0.3, 0.4) is 0 Å². The van der Waals surface area contributed by atoms with Gasteiger partial charge in [-0.3, -0.25) is 0 Å². The molecule has 0 radical (unpaired) electrons. The molecule has 0 spiro atoms. The molecule has 2 amide bonds. The summed E-state index contributed by atoms with van der Waals surface area (Å²) in [7, 11) is 0. The van der Waals surface area contributed by atoms with Crippen LogP contribution in [0.2, 0.25) is 0 Å². The van der Waals surface area contributed by atoms with E-state index in [-0.39, 0.29) is 12.1 Å². The van der Waals surface area contributed by atoms with Crippen LogP contribution in [0.25, 0.3) is 0 Å². The summed E-state index contributed by atoms with van der Waals surface area (Å²) in [6.45, 7) is 3.24. The van der Waals surface area contributed by atoms with Gasteiger partial charge in [-0.1, -0.05) is 25.3 Å². The number of likely N-dealkylation sites (tertiary alicyclic amines) is 1. The molecule has 0 atom stereocenters. The maximum absolute atomic E-state index is 12.1. The van der Waals surface area contributed by atoms with Crippen molar-refractivity contribution in [2.45, 2.75) is 51.2 Å². The number of rotatable bonds is 3. The van der Waals surface area contributed by atoms with E-state index in [2.05, 4.69) is 10.3 Å². The van der Waals surface area contributed by atoms with E-state index in [0.717, 1.165) is 18.5 Å². The third-order valence-corrected chi connectivity index (χ3v) is 4.22. The molecule has 1 aliphatic carbocycles. The van der Waals surface area contributed by atoms with E-state index in [1.54, 1.807) is 0 Å². The number of carbonyl (C=O) groups excluding carboxylic acids is 1. The Hall–Kier alpha value is -1.78. The fourth-order valence-corrected chi connectivity index (χ4v) is 2.95. The lowest BCUT2D eigenvalue weighted by Crippen LogP contribution is -2.60. The van der Waals surface area contributed by atoms with Gasteiger partial charge in [-0.15, -0.1) is 0 Å². The lowest BCUT2D eigenvalue weighted by atomic mass is 9.95. The van der Waals surface area contributed by atoms with Crippen LogP contribution in [-0.4, -0.2) is 41.2 Å². The maximum Gasteiger partial charge on any atom is 0.317 e. The van der Waals surface area contributed by atoms with Gasteiger partial charge in [-0.2, -0.15) is 0 Å². The second kappa shape index (κ2) is 6.33. The molecule has 21 heavy (non-hydrogen) atoms. The SMILES string of the molecule is Cc1cccc(OC2CN(C(=O)NC3CCCCC3)C2)n1. The average Bonchev–Trinajstić information content (AvgIpc) is 2.43. The van der Waals surface area contributed by atoms with Crippen LogP contribution < -0.4 is 10.1 Å². The number of nitrogens with one attached hydrogen (secondary N) is 1. The Balaban J connectivity index is 1.41. The van der Waals surface area contributed by atoms with Crippen LogP contribution in [0.15, 0.2) is 18.2 Å². The predicted molar refractivity (Wildman–Crippen MR) is 80.4 cm³/mol. The van der Waals surface area contributed by atoms with Crippen molar-refractivity contribution in [3.63, 3.8) is 0 Å². The average molecular weight is 289 g/mol. The first-order valence-electron chi connectivity index (χ1n) is 7.86. The highest BCUT2D eigenvalue weighted by Gasteiger charge is 2.33. The van der Waals surface area contributed by atoms with Crippen LogP contribution in [0.4, 0.5) is 4.79 Å². The van der Waals surface area contributed by atoms with E-state index < -0.39 is 0 Å². The topological polar surface area (TPSA) is 54.5 Å². The zero-order valence-corrected chi connectivity index (χ0v) is 12.5. The highest BCUT2D eigenvalue weighted by atomic mass is 16.5. The van der Waals surface area contributed by atoms with Crippen LogP contribution in [0.5, 0.6) is 5.88 Å². The number of carbonyl (C=O) groups is 1. The Morgan fingerprint density at radius 1 is 1.29 bits per heavy atom. The second-order valence-electron chi connectivity index (χ2n) is 6.05. The molecule has 5 heteroatoms. The smallest absolute Gasteiger partial charge is 0.317 e. The first-order chi connectivity index (χ1) is 10.2. The molecule has 0 unspecified atom stereocenters. The highest BCUT2D eigenvalue weighted by molar-refractivity contribution is 5.75. The monoisotopic (exact) mass is 289 g/mol. The molecule has 1 saturated carbocycles. The molecule has 1 N–H and O–H groups in total. The molecular formula is C16H23N3O2. The van der Waals surface area contributed by atoms with Crippen LogP contribution >= 0.6 is 0 Å². The predicted octanol–water partition coefficient (Wildman–Crippen LogP) is 2.50. The molecule has 0 bridgehead atoms. The number of aromatic nitrogens is 1. The molecule has 1 aromatic rings. The minimum absolute atomic E-state index is 0.0546. The first kappa shape index (κ1) is 14.2. The third-order valence-electron chi connectivity index (χ3n) is 4.22. The van der Waals surface area contributed by atoms with Gasteiger partial charge in [-0.25, -0.2) is 9.78 Å². The molecule has 0 aromatic carbocycles. The summed E-state index contributed by atoms with van der Waals surface area (Å²) < 4.78 is 5.77. The summed E-state index contributed by atoms with van der Waals surface area (Å²) in [6, 6.07) is 6.16. The lowest BCUT2D eigenvalue weighted by molar-refractivity contribution is 0.0399. The number of nitrogens with zero attached hydrogens (tertiary/aromatic N) is 2. The lowest BCUT2D eigenvalue weighted by Gasteiger charge is -2.39. The zero-order valence-electron chi connectivity index (χ0n) is 12.5. The Kier molecular flexibility index (Phi) is 4.27. The Morgan fingerprint density at radius 3 is 2.76 bits per heavy atom. The van der Waals surface area contributed by atoms with E-state index in [4.69, 9.17) is 4.74 Å². The van der Waals surface area contributed by atoms with E-state index >= 15 is 0 Å². The van der Waals surface area contributed by atoms with Crippen molar-refractivity contribution in [2.75, 3.05) is 13.1 Å². The van der Waals surface area contributed by atoms with Crippen molar-refractivity contribution in [3.8, 4) is 5.88 Å². The summed E-state index contributed by atoms with van der Waals surface area (Å²) in [6.07, 6.45) is 6.07. The van der Waals surface area contributed by atoms with Crippen LogP contribution in [0.1, 0.15) is 37.8 Å². The zero-order chi connectivity index (χ0) is 14.7. The molecular weight excluding hydrogens is 266 g/mol. The standard InChI is InChI=1S/C16H23N3O2/c1-12-6-5-9-15(17-12)21-14-10-19(11-14)16(20)18-13-7-3-2-4-8-13/h5-6,9,13-14H,2-4,7-8,10-11H2,1H3,(H,18,20). The number of urea groups is 1. The van der Waals surface area contributed by atoms with Gasteiger partial charge in [0, 0.05) is 17.8 Å². The molecule has 1 aliphatic heterocycles. The number of hydrogen-bond acceptors (Lipinski definition) is 3. The molecule has 1 aromatic heterocycles. The summed E-state index contributed by atoms with van der Waals surface area (Å²) in [5, 5.41) is 3.13. The summed E-state index contributed by atoms with van der Waals surface area (Å²) in [5.74, 6) is 0.646. The van der Waals surface area contributed by atoms with Gasteiger partial charge in [0.05, 0.1) is 13.1 Å². The summed E-state index contributed by atoms with van der Waals surface area (Å²) >= 11 is 0. The molecule has 3 rings (SSSR count). The fraction of sp³-hybridized carbons (Fsp3) is 0.625. The number of ether oxygens (including phenoxy) is 1. The third kappa shape index (κ3) is 3.65. The first-order valence-corrected chi connectivity index (χ1v) is 7.86. The van der Waals surface area contributed by atoms with Gasteiger partial charge >= 0.3 is 6.03 Å². The quantitative estimate of drug-likeness (QED) is 0.930. The highest BCUT2D eigenvalue weighted by Crippen LogP contribution is 2.20. The van der Waals surface area contributed by atoms with Crippen molar-refractivity contribution in [3.05, 3.63) is 23.9 Å². The van der Waals surface area contributed by atoms with Gasteiger partial charge < -0.3 is 15.0 Å². The number of amides is 2. The largest absolute Gasteiger partial charge is 0.471 e. The summed E-state index contributed by atoms with van der Waals surface area (Å²) in [5.41, 5.74) is 0.943. The second-order valence-corrected chi connectivity index (χ2v) is 6.05. The number of pyridine rings is 1. The van der Waals surface area contributed by atoms with E-state index in [1.807, 2.05) is 30.0 Å². The van der Waals surface area contributed by atoms with Crippen molar-refractivity contribution in [1.29, 1.82) is 0 Å². The molecule has 5 nitrogen and oxygen atoms in total. The normalized spacial score (nSPS) is 20.0. The molecule has 1 saturated heterocycles. The minimum Gasteiger partial charge on any atom is -0.471 e. The van der Waals surface area contributed by atoms with Crippen LogP contribution in [-0.2, 0) is 0 Å². The minimum atomic E-state index is 0.0546. The Labute approximate surface area is 125 Å². The van der Waals surface area contributed by atoms with Crippen molar-refractivity contribution >= 4 is 6.03 Å². The fourth-order valence-electron chi connectivity index (χ4n) is 2.95. The van der Waals surface area contributed by atoms with E-state index in [1.165, 1.54) is 19.3 Å². The molecule has 2 heterocycles. The van der Waals surface area contributed by atoms with Crippen molar-refractivity contribution in [1.82, 2.24) is 15.2 Å². The Bertz CT molecular complexity index is 494. The molecule has 114 valence electrons. The maximum atomic E-state index is 12.1.